The van der Waals surface area contributed by atoms with Crippen molar-refractivity contribution in [2.45, 2.75) is 56.3 Å². The van der Waals surface area contributed by atoms with Gasteiger partial charge in [0.15, 0.2) is 0 Å². The number of esters is 2. The van der Waals surface area contributed by atoms with Crippen LogP contribution >= 0.6 is 15.9 Å². The van der Waals surface area contributed by atoms with Gasteiger partial charge in [-0.3, -0.25) is 14.5 Å². The molecular formula is C14H17BrN4O5. The molecule has 0 aliphatic carbocycles. The zero-order chi connectivity index (χ0) is 18.2. The number of alkyl halides is 1. The summed E-state index contributed by atoms with van der Waals surface area (Å²) >= 11 is 3.34. The quantitative estimate of drug-likeness (QED) is 0.178. The minimum atomic E-state index is -1.04. The normalized spacial score (nSPS) is 28.8. The largest absolute Gasteiger partial charge is 0.459 e. The van der Waals surface area contributed by atoms with Gasteiger partial charge in [-0.1, -0.05) is 21.0 Å². The van der Waals surface area contributed by atoms with Crippen molar-refractivity contribution in [1.29, 1.82) is 0 Å². The van der Waals surface area contributed by atoms with Crippen LogP contribution in [0.3, 0.4) is 0 Å². The number of halogens is 1. The molecule has 0 saturated carbocycles. The van der Waals surface area contributed by atoms with Gasteiger partial charge in [0.05, 0.1) is 10.9 Å². The van der Waals surface area contributed by atoms with Gasteiger partial charge in [-0.2, -0.15) is 0 Å². The number of rotatable bonds is 3. The lowest BCUT2D eigenvalue weighted by molar-refractivity contribution is -0.170. The van der Waals surface area contributed by atoms with Gasteiger partial charge in [0.25, 0.3) is 0 Å². The number of fused-ring (bicyclic) bond motifs is 1. The molecule has 0 N–H and O–H groups in total. The second-order valence-electron chi connectivity index (χ2n) is 6.42. The highest BCUT2D eigenvalue weighted by molar-refractivity contribution is 9.09. The summed E-state index contributed by atoms with van der Waals surface area (Å²) in [5.74, 6) is -1.75. The second kappa shape index (κ2) is 6.45. The monoisotopic (exact) mass is 400 g/mol. The van der Waals surface area contributed by atoms with E-state index in [2.05, 4.69) is 26.0 Å². The van der Waals surface area contributed by atoms with Crippen LogP contribution in [0, 0.1) is 0 Å². The number of ether oxygens (including phenoxy) is 2. The Labute approximate surface area is 146 Å². The Balaban J connectivity index is 2.38. The third-order valence-corrected chi connectivity index (χ3v) is 4.21. The zero-order valence-corrected chi connectivity index (χ0v) is 15.2. The molecule has 1 fully saturated rings. The fraction of sp³-hybridized carbons (Fsp3) is 0.643. The molecular weight excluding hydrogens is 384 g/mol. The summed E-state index contributed by atoms with van der Waals surface area (Å²) in [6.07, 6.45) is 0.685. The Morgan fingerprint density at radius 1 is 1.42 bits per heavy atom. The van der Waals surface area contributed by atoms with E-state index in [0.29, 0.717) is 0 Å². The molecule has 4 atom stereocenters. The lowest BCUT2D eigenvalue weighted by Crippen LogP contribution is -2.72. The van der Waals surface area contributed by atoms with E-state index in [4.69, 9.17) is 15.0 Å². The first-order chi connectivity index (χ1) is 11.1. The molecule has 0 aromatic heterocycles. The number of nitrogens with zero attached hydrogens (tertiary/aromatic N) is 4. The van der Waals surface area contributed by atoms with Crippen molar-refractivity contribution >= 4 is 33.8 Å². The van der Waals surface area contributed by atoms with Crippen LogP contribution < -0.4 is 0 Å². The molecule has 0 aromatic carbocycles. The van der Waals surface area contributed by atoms with Gasteiger partial charge >= 0.3 is 11.9 Å². The van der Waals surface area contributed by atoms with Crippen molar-refractivity contribution in [1.82, 2.24) is 4.90 Å². The van der Waals surface area contributed by atoms with Crippen LogP contribution in [0.5, 0.6) is 0 Å². The molecule has 0 aromatic rings. The smallest absolute Gasteiger partial charge is 0.355 e. The SMILES string of the molecule is CC(=O)O[C@H]1[C@@H]2[C@H](N=[N+]=[N-])C(=O)N2C(C(=O)OC(C)(C)C)=C[C@H]1Br. The minimum Gasteiger partial charge on any atom is -0.459 e. The predicted molar refractivity (Wildman–Crippen MR) is 85.8 cm³/mol. The number of amides is 1. The Bertz CT molecular complexity index is 665. The number of carbonyl (C=O) groups is 3. The summed E-state index contributed by atoms with van der Waals surface area (Å²) in [5.41, 5.74) is 7.93. The van der Waals surface area contributed by atoms with Gasteiger partial charge in [-0.25, -0.2) is 4.79 Å². The molecule has 10 heteroatoms. The summed E-state index contributed by atoms with van der Waals surface area (Å²) in [6.45, 7) is 6.36. The Hall–Kier alpha value is -2.06. The molecule has 24 heavy (non-hydrogen) atoms. The maximum atomic E-state index is 12.4. The van der Waals surface area contributed by atoms with Crippen LogP contribution in [0.15, 0.2) is 16.9 Å². The highest BCUT2D eigenvalue weighted by Crippen LogP contribution is 2.39. The van der Waals surface area contributed by atoms with Crippen molar-refractivity contribution in [2.24, 2.45) is 5.11 Å². The summed E-state index contributed by atoms with van der Waals surface area (Å²) in [4.78, 5) is 39.2. The molecule has 0 radical (unpaired) electrons. The molecule has 2 aliphatic rings. The van der Waals surface area contributed by atoms with Crippen molar-refractivity contribution < 1.29 is 23.9 Å². The molecule has 2 aliphatic heterocycles. The van der Waals surface area contributed by atoms with Gasteiger partial charge < -0.3 is 9.47 Å². The first-order valence-electron chi connectivity index (χ1n) is 7.20. The Morgan fingerprint density at radius 2 is 2.04 bits per heavy atom. The van der Waals surface area contributed by atoms with E-state index in [-0.39, 0.29) is 5.70 Å². The summed E-state index contributed by atoms with van der Waals surface area (Å²) in [5, 5.41) is 3.45. The van der Waals surface area contributed by atoms with Gasteiger partial charge in [-0.15, -0.1) is 0 Å². The van der Waals surface area contributed by atoms with E-state index in [0.717, 1.165) is 0 Å². The maximum Gasteiger partial charge on any atom is 0.355 e. The first-order valence-corrected chi connectivity index (χ1v) is 8.12. The summed E-state index contributed by atoms with van der Waals surface area (Å²) in [7, 11) is 0. The number of carbonyl (C=O) groups excluding carboxylic acids is 3. The lowest BCUT2D eigenvalue weighted by Gasteiger charge is -2.51. The number of hydrogen-bond donors (Lipinski definition) is 0. The van der Waals surface area contributed by atoms with Gasteiger partial charge in [0, 0.05) is 11.8 Å². The topological polar surface area (TPSA) is 122 Å². The van der Waals surface area contributed by atoms with Crippen molar-refractivity contribution in [3.63, 3.8) is 0 Å². The Morgan fingerprint density at radius 3 is 2.54 bits per heavy atom. The number of β-lactam (4-membered cyclic amide) rings is 1. The maximum absolute atomic E-state index is 12.4. The standard InChI is InChI=1S/C14H17BrN4O5/c1-6(20)23-11-7(15)5-8(13(22)24-14(2,3)4)19-10(11)9(12(19)21)17-18-16/h5,7,9-11H,1-4H3/t7-,9+,10+,11-/m1/s1. The molecule has 1 amide bonds. The lowest BCUT2D eigenvalue weighted by atomic mass is 9.84. The molecule has 0 unspecified atom stereocenters. The van der Waals surface area contributed by atoms with Crippen LogP contribution in [0.1, 0.15) is 27.7 Å². The van der Waals surface area contributed by atoms with Gasteiger partial charge in [0.1, 0.15) is 23.4 Å². The molecule has 0 bridgehead atoms. The van der Waals surface area contributed by atoms with Crippen molar-refractivity contribution in [3.05, 3.63) is 22.2 Å². The highest BCUT2D eigenvalue weighted by Gasteiger charge is 2.58. The molecule has 2 rings (SSSR count). The third kappa shape index (κ3) is 3.39. The molecule has 1 saturated heterocycles. The van der Waals surface area contributed by atoms with E-state index in [1.165, 1.54) is 17.9 Å². The third-order valence-electron chi connectivity index (χ3n) is 3.43. The minimum absolute atomic E-state index is 0.0367. The van der Waals surface area contributed by atoms with Crippen LogP contribution in [-0.4, -0.2) is 51.4 Å². The first kappa shape index (κ1) is 18.3. The number of hydrogen-bond acceptors (Lipinski definition) is 6. The second-order valence-corrected chi connectivity index (χ2v) is 7.48. The summed E-state index contributed by atoms with van der Waals surface area (Å²) < 4.78 is 10.5. The van der Waals surface area contributed by atoms with E-state index < -0.39 is 46.5 Å². The van der Waals surface area contributed by atoms with Gasteiger partial charge in [-0.05, 0) is 32.4 Å². The molecule has 2 heterocycles. The van der Waals surface area contributed by atoms with E-state index >= 15 is 0 Å². The average molecular weight is 401 g/mol. The molecule has 130 valence electrons. The van der Waals surface area contributed by atoms with Crippen molar-refractivity contribution in [2.75, 3.05) is 0 Å². The van der Waals surface area contributed by atoms with E-state index in [9.17, 15) is 14.4 Å². The van der Waals surface area contributed by atoms with Crippen LogP contribution in [0.4, 0.5) is 0 Å². The molecule has 0 spiro atoms. The zero-order valence-electron chi connectivity index (χ0n) is 13.6. The molecule has 9 nitrogen and oxygen atoms in total. The predicted octanol–water partition coefficient (Wildman–Crippen LogP) is 1.81. The summed E-state index contributed by atoms with van der Waals surface area (Å²) in [6, 6.07) is -1.79. The Kier molecular flexibility index (Phi) is 4.91. The van der Waals surface area contributed by atoms with Crippen LogP contribution in [0.2, 0.25) is 0 Å². The fourth-order valence-electron chi connectivity index (χ4n) is 2.61. The fourth-order valence-corrected chi connectivity index (χ4v) is 3.28. The average Bonchev–Trinajstić information content (AvgIpc) is 2.43. The van der Waals surface area contributed by atoms with Gasteiger partial charge in [0.2, 0.25) is 5.91 Å². The van der Waals surface area contributed by atoms with E-state index in [1.807, 2.05) is 0 Å². The van der Waals surface area contributed by atoms with Crippen molar-refractivity contribution in [3.8, 4) is 0 Å². The van der Waals surface area contributed by atoms with Crippen LogP contribution in [-0.2, 0) is 23.9 Å². The van der Waals surface area contributed by atoms with Crippen LogP contribution in [0.25, 0.3) is 10.4 Å². The highest BCUT2D eigenvalue weighted by atomic mass is 79.9. The number of azide groups is 1. The van der Waals surface area contributed by atoms with E-state index in [1.54, 1.807) is 20.8 Å².